The van der Waals surface area contributed by atoms with Crippen molar-refractivity contribution in [3.05, 3.63) is 59.5 Å². The van der Waals surface area contributed by atoms with Gasteiger partial charge in [0.2, 0.25) is 0 Å². The number of aromatic nitrogens is 1. The summed E-state index contributed by atoms with van der Waals surface area (Å²) < 4.78 is 10.6. The van der Waals surface area contributed by atoms with Gasteiger partial charge in [-0.1, -0.05) is 36.4 Å². The molecule has 132 valence electrons. The van der Waals surface area contributed by atoms with E-state index in [9.17, 15) is 9.59 Å². The quantitative estimate of drug-likeness (QED) is 0.644. The number of rotatable bonds is 7. The molecular formula is C19H16N2O4S. The molecule has 0 radical (unpaired) electrons. The fourth-order valence-electron chi connectivity index (χ4n) is 2.31. The van der Waals surface area contributed by atoms with Gasteiger partial charge >= 0.3 is 0 Å². The van der Waals surface area contributed by atoms with Crippen molar-refractivity contribution in [2.45, 2.75) is 0 Å². The second-order valence-corrected chi connectivity index (χ2v) is 6.10. The Morgan fingerprint density at radius 3 is 2.73 bits per heavy atom. The number of benzene rings is 2. The van der Waals surface area contributed by atoms with E-state index >= 15 is 0 Å². The number of carbonyl (C=O) groups is 2. The van der Waals surface area contributed by atoms with Crippen molar-refractivity contribution in [1.29, 1.82) is 0 Å². The topological polar surface area (TPSA) is 77.5 Å². The van der Waals surface area contributed by atoms with Crippen LogP contribution < -0.4 is 14.8 Å². The summed E-state index contributed by atoms with van der Waals surface area (Å²) in [7, 11) is 1.47. The number of nitrogens with one attached hydrogen (secondary N) is 1. The van der Waals surface area contributed by atoms with Gasteiger partial charge in [-0.25, -0.2) is 4.98 Å². The highest BCUT2D eigenvalue weighted by Gasteiger charge is 2.13. The van der Waals surface area contributed by atoms with Gasteiger partial charge in [-0.3, -0.25) is 14.9 Å². The standard InChI is InChI=1S/C19H16N2O4S/c1-24-16-9-5-8-14(10-22)18(16)25-11-17(23)21-19-20-15(12-26-19)13-6-3-2-4-7-13/h2-10,12H,11H2,1H3,(H,20,21,23). The highest BCUT2D eigenvalue weighted by molar-refractivity contribution is 7.14. The molecule has 1 aromatic heterocycles. The van der Waals surface area contributed by atoms with Gasteiger partial charge in [-0.15, -0.1) is 11.3 Å². The van der Waals surface area contributed by atoms with Gasteiger partial charge in [0.15, 0.2) is 29.5 Å². The van der Waals surface area contributed by atoms with E-state index in [1.807, 2.05) is 35.7 Å². The number of ether oxygens (including phenoxy) is 2. The van der Waals surface area contributed by atoms with Crippen LogP contribution in [0, 0.1) is 0 Å². The molecule has 0 unspecified atom stereocenters. The molecule has 7 heteroatoms. The Balaban J connectivity index is 1.64. The highest BCUT2D eigenvalue weighted by atomic mass is 32.1. The van der Waals surface area contributed by atoms with Gasteiger partial charge in [0.05, 0.1) is 18.4 Å². The Bertz CT molecular complexity index is 909. The average Bonchev–Trinajstić information content (AvgIpc) is 3.15. The zero-order valence-electron chi connectivity index (χ0n) is 14.0. The number of nitrogens with zero attached hydrogens (tertiary/aromatic N) is 1. The molecule has 0 aliphatic rings. The lowest BCUT2D eigenvalue weighted by atomic mass is 10.2. The Kier molecular flexibility index (Phi) is 5.60. The van der Waals surface area contributed by atoms with Crippen LogP contribution in [-0.4, -0.2) is 30.9 Å². The summed E-state index contributed by atoms with van der Waals surface area (Å²) in [4.78, 5) is 27.6. The van der Waals surface area contributed by atoms with Crippen LogP contribution in [0.4, 0.5) is 5.13 Å². The molecule has 0 spiro atoms. The van der Waals surface area contributed by atoms with Gasteiger partial charge in [0.25, 0.3) is 5.91 Å². The third-order valence-electron chi connectivity index (χ3n) is 3.52. The van der Waals surface area contributed by atoms with Crippen LogP contribution in [0.3, 0.4) is 0 Å². The van der Waals surface area contributed by atoms with Gasteiger partial charge in [-0.2, -0.15) is 0 Å². The van der Waals surface area contributed by atoms with Crippen molar-refractivity contribution in [3.8, 4) is 22.8 Å². The van der Waals surface area contributed by atoms with Crippen LogP contribution in [0.2, 0.25) is 0 Å². The SMILES string of the molecule is COc1cccc(C=O)c1OCC(=O)Nc1nc(-c2ccccc2)cs1. The van der Waals surface area contributed by atoms with Crippen LogP contribution in [0.25, 0.3) is 11.3 Å². The van der Waals surface area contributed by atoms with Crippen molar-refractivity contribution < 1.29 is 19.1 Å². The Hall–Kier alpha value is -3.19. The normalized spacial score (nSPS) is 10.2. The zero-order valence-corrected chi connectivity index (χ0v) is 14.8. The Morgan fingerprint density at radius 2 is 2.00 bits per heavy atom. The molecule has 0 bridgehead atoms. The lowest BCUT2D eigenvalue weighted by molar-refractivity contribution is -0.118. The minimum absolute atomic E-state index is 0.240. The molecule has 6 nitrogen and oxygen atoms in total. The van der Waals surface area contributed by atoms with E-state index in [-0.39, 0.29) is 18.3 Å². The molecule has 0 atom stereocenters. The maximum Gasteiger partial charge on any atom is 0.264 e. The summed E-state index contributed by atoms with van der Waals surface area (Å²) in [5.74, 6) is 0.258. The first kappa shape index (κ1) is 17.6. The van der Waals surface area contributed by atoms with Crippen LogP contribution in [-0.2, 0) is 4.79 Å². The molecule has 0 saturated carbocycles. The van der Waals surface area contributed by atoms with E-state index in [4.69, 9.17) is 9.47 Å². The lowest BCUT2D eigenvalue weighted by Crippen LogP contribution is -2.20. The first-order valence-electron chi connectivity index (χ1n) is 7.77. The van der Waals surface area contributed by atoms with Gasteiger partial charge in [0, 0.05) is 10.9 Å². The second kappa shape index (κ2) is 8.26. The second-order valence-electron chi connectivity index (χ2n) is 5.24. The van der Waals surface area contributed by atoms with Crippen LogP contribution >= 0.6 is 11.3 Å². The lowest BCUT2D eigenvalue weighted by Gasteiger charge is -2.11. The largest absolute Gasteiger partial charge is 0.493 e. The number of carbonyl (C=O) groups excluding carboxylic acids is 2. The van der Waals surface area contributed by atoms with Gasteiger partial charge < -0.3 is 9.47 Å². The number of thiazole rings is 1. The van der Waals surface area contributed by atoms with Crippen molar-refractivity contribution >= 4 is 28.7 Å². The number of hydrogen-bond acceptors (Lipinski definition) is 6. The average molecular weight is 368 g/mol. The van der Waals surface area contributed by atoms with Gasteiger partial charge in [-0.05, 0) is 12.1 Å². The van der Waals surface area contributed by atoms with Gasteiger partial charge in [0.1, 0.15) is 0 Å². The zero-order chi connectivity index (χ0) is 18.4. The molecule has 1 amide bonds. The smallest absolute Gasteiger partial charge is 0.264 e. The summed E-state index contributed by atoms with van der Waals surface area (Å²) in [6.07, 6.45) is 0.655. The molecule has 2 aromatic carbocycles. The van der Waals surface area contributed by atoms with E-state index < -0.39 is 0 Å². The maximum absolute atomic E-state index is 12.1. The maximum atomic E-state index is 12.1. The summed E-state index contributed by atoms with van der Waals surface area (Å²) >= 11 is 1.33. The molecular weight excluding hydrogens is 352 g/mol. The fourth-order valence-corrected chi connectivity index (χ4v) is 3.04. The number of amides is 1. The van der Waals surface area contributed by atoms with E-state index in [1.54, 1.807) is 18.2 Å². The van der Waals surface area contributed by atoms with Crippen LogP contribution in [0.5, 0.6) is 11.5 Å². The fraction of sp³-hybridized carbons (Fsp3) is 0.105. The molecule has 26 heavy (non-hydrogen) atoms. The number of hydrogen-bond donors (Lipinski definition) is 1. The summed E-state index contributed by atoms with van der Waals surface area (Å²) in [5.41, 5.74) is 2.09. The minimum atomic E-state index is -0.373. The van der Waals surface area contributed by atoms with E-state index in [1.165, 1.54) is 18.4 Å². The first-order valence-corrected chi connectivity index (χ1v) is 8.65. The van der Waals surface area contributed by atoms with E-state index in [0.29, 0.717) is 22.7 Å². The van der Waals surface area contributed by atoms with Crippen molar-refractivity contribution in [2.75, 3.05) is 19.0 Å². The monoisotopic (exact) mass is 368 g/mol. The molecule has 0 saturated heterocycles. The summed E-state index contributed by atoms with van der Waals surface area (Å²) in [6, 6.07) is 14.6. The van der Waals surface area contributed by atoms with Crippen molar-refractivity contribution in [1.82, 2.24) is 4.98 Å². The third-order valence-corrected chi connectivity index (χ3v) is 4.28. The Morgan fingerprint density at radius 1 is 1.19 bits per heavy atom. The predicted molar refractivity (Wildman–Crippen MR) is 100 cm³/mol. The predicted octanol–water partition coefficient (Wildman–Crippen LogP) is 3.65. The van der Waals surface area contributed by atoms with Crippen LogP contribution in [0.15, 0.2) is 53.9 Å². The molecule has 3 rings (SSSR count). The molecule has 1 heterocycles. The number of anilines is 1. The number of para-hydroxylation sites is 1. The molecule has 3 aromatic rings. The van der Waals surface area contributed by atoms with Crippen molar-refractivity contribution in [2.24, 2.45) is 0 Å². The summed E-state index contributed by atoms with van der Waals surface area (Å²) in [6.45, 7) is -0.262. The molecule has 1 N–H and O–H groups in total. The minimum Gasteiger partial charge on any atom is -0.493 e. The van der Waals surface area contributed by atoms with Crippen LogP contribution in [0.1, 0.15) is 10.4 Å². The van der Waals surface area contributed by atoms with Crippen molar-refractivity contribution in [3.63, 3.8) is 0 Å². The van der Waals surface area contributed by atoms with E-state index in [2.05, 4.69) is 10.3 Å². The molecule has 0 fully saturated rings. The molecule has 0 aliphatic carbocycles. The van der Waals surface area contributed by atoms with E-state index in [0.717, 1.165) is 11.3 Å². The highest BCUT2D eigenvalue weighted by Crippen LogP contribution is 2.30. The number of methoxy groups -OCH3 is 1. The summed E-state index contributed by atoms with van der Waals surface area (Å²) in [5, 5.41) is 5.04. The third kappa shape index (κ3) is 4.07. The Labute approximate surface area is 154 Å². The number of aldehydes is 1. The first-order chi connectivity index (χ1) is 12.7. The molecule has 0 aliphatic heterocycles.